The van der Waals surface area contributed by atoms with Crippen molar-refractivity contribution in [2.45, 2.75) is 6.18 Å². The minimum Gasteiger partial charge on any atom is -0.292 e. The van der Waals surface area contributed by atoms with Crippen molar-refractivity contribution in [3.63, 3.8) is 0 Å². The first-order valence-corrected chi connectivity index (χ1v) is 9.64. The van der Waals surface area contributed by atoms with Crippen LogP contribution >= 0.6 is 33.0 Å². The first-order valence-electron chi connectivity index (χ1n) is 6.13. The fourth-order valence-corrected chi connectivity index (χ4v) is 1.94. The molecular formula is C12H7Cl3F4N2O4S. The van der Waals surface area contributed by atoms with Crippen LogP contribution in [0.15, 0.2) is 33.9 Å². The van der Waals surface area contributed by atoms with Gasteiger partial charge in [0.2, 0.25) is 0 Å². The van der Waals surface area contributed by atoms with Crippen molar-refractivity contribution in [3.05, 3.63) is 61.6 Å². The van der Waals surface area contributed by atoms with Gasteiger partial charge in [0.25, 0.3) is 5.56 Å². The molecule has 1 aromatic carbocycles. The van der Waals surface area contributed by atoms with Gasteiger partial charge in [-0.15, -0.1) is 0 Å². The number of rotatable bonds is 1. The van der Waals surface area contributed by atoms with E-state index in [1.165, 1.54) is 6.07 Å². The van der Waals surface area contributed by atoms with E-state index in [1.807, 2.05) is 0 Å². The van der Waals surface area contributed by atoms with E-state index >= 15 is 0 Å². The van der Waals surface area contributed by atoms with Crippen molar-refractivity contribution in [3.8, 4) is 5.69 Å². The summed E-state index contributed by atoms with van der Waals surface area (Å²) in [6.07, 6.45) is -4.87. The van der Waals surface area contributed by atoms with Crippen LogP contribution in [0.2, 0.25) is 5.02 Å². The molecule has 0 atom stereocenters. The Bertz CT molecular complexity index is 1040. The zero-order chi connectivity index (χ0) is 20.4. The summed E-state index contributed by atoms with van der Waals surface area (Å²) in [7, 11) is 5.66. The van der Waals surface area contributed by atoms with Gasteiger partial charge in [-0.2, -0.15) is 21.6 Å². The summed E-state index contributed by atoms with van der Waals surface area (Å²) in [6, 6.07) is 3.33. The second-order valence-electron chi connectivity index (χ2n) is 4.52. The lowest BCUT2D eigenvalue weighted by Gasteiger charge is -2.14. The Morgan fingerprint density at radius 2 is 1.58 bits per heavy atom. The summed E-state index contributed by atoms with van der Waals surface area (Å²) in [5, 5.41) is 0.0213. The van der Waals surface area contributed by atoms with Gasteiger partial charge in [-0.05, 0) is 18.2 Å². The first kappa shape index (κ1) is 22.5. The fraction of sp³-hybridized carbons (Fsp3) is 0.167. The predicted molar refractivity (Wildman–Crippen MR) is 87.9 cm³/mol. The van der Waals surface area contributed by atoms with Gasteiger partial charge in [0.05, 0.1) is 5.69 Å². The molecule has 0 saturated carbocycles. The molecule has 0 N–H and O–H groups in total. The van der Waals surface area contributed by atoms with E-state index < -0.39 is 42.9 Å². The summed E-state index contributed by atoms with van der Waals surface area (Å²) in [5.41, 5.74) is -4.48. The number of alkyl halides is 3. The predicted octanol–water partition coefficient (Wildman–Crippen LogP) is 3.06. The van der Waals surface area contributed by atoms with Crippen LogP contribution in [-0.2, 0) is 21.5 Å². The van der Waals surface area contributed by atoms with Crippen LogP contribution in [0.25, 0.3) is 5.69 Å². The van der Waals surface area contributed by atoms with E-state index in [0.717, 1.165) is 19.2 Å². The molecule has 1 aromatic heterocycles. The maximum Gasteiger partial charge on any atom is 0.431 e. The molecule has 2 rings (SSSR count). The lowest BCUT2D eigenvalue weighted by molar-refractivity contribution is -0.144. The first-order chi connectivity index (χ1) is 11.6. The van der Waals surface area contributed by atoms with Crippen LogP contribution in [-0.4, -0.2) is 17.6 Å². The quantitative estimate of drug-likeness (QED) is 0.487. The summed E-state index contributed by atoms with van der Waals surface area (Å²) in [5.74, 6) is -0.999. The highest BCUT2D eigenvalue weighted by Crippen LogP contribution is 2.27. The van der Waals surface area contributed by atoms with Gasteiger partial charge >= 0.3 is 20.1 Å². The topological polar surface area (TPSA) is 78.1 Å². The smallest absolute Gasteiger partial charge is 0.292 e. The van der Waals surface area contributed by atoms with E-state index in [1.54, 1.807) is 0 Å². The normalized spacial score (nSPS) is 11.7. The SMILES string of the molecule is Cn1c(C(F)(F)F)cc(=O)n(-c2ccc(Cl)cc2F)c1=O.O=S(=O)(Cl)Cl. The van der Waals surface area contributed by atoms with Gasteiger partial charge in [-0.3, -0.25) is 9.36 Å². The fourth-order valence-electron chi connectivity index (χ4n) is 1.78. The van der Waals surface area contributed by atoms with Crippen molar-refractivity contribution < 1.29 is 26.0 Å². The molecule has 26 heavy (non-hydrogen) atoms. The summed E-state index contributed by atoms with van der Waals surface area (Å²) in [4.78, 5) is 23.7. The third kappa shape index (κ3) is 6.01. The summed E-state index contributed by atoms with van der Waals surface area (Å²) in [6.45, 7) is 0. The van der Waals surface area contributed by atoms with Crippen LogP contribution in [0.1, 0.15) is 5.69 Å². The Labute approximate surface area is 157 Å². The maximum atomic E-state index is 13.7. The van der Waals surface area contributed by atoms with Crippen molar-refractivity contribution in [2.24, 2.45) is 7.05 Å². The van der Waals surface area contributed by atoms with Crippen molar-refractivity contribution in [2.75, 3.05) is 0 Å². The Morgan fingerprint density at radius 1 is 1.08 bits per heavy atom. The van der Waals surface area contributed by atoms with Gasteiger partial charge in [-0.25, -0.2) is 13.8 Å². The molecule has 2 aromatic rings. The molecule has 0 aliphatic rings. The molecule has 6 nitrogen and oxygen atoms in total. The lowest BCUT2D eigenvalue weighted by Crippen LogP contribution is -2.41. The van der Waals surface area contributed by atoms with Gasteiger partial charge in [0, 0.05) is 39.5 Å². The zero-order valence-electron chi connectivity index (χ0n) is 12.4. The Balaban J connectivity index is 0.000000597. The third-order valence-electron chi connectivity index (χ3n) is 2.76. The van der Waals surface area contributed by atoms with Crippen molar-refractivity contribution in [1.29, 1.82) is 0 Å². The van der Waals surface area contributed by atoms with Crippen LogP contribution in [0, 0.1) is 5.82 Å². The van der Waals surface area contributed by atoms with E-state index in [4.69, 9.17) is 20.0 Å². The van der Waals surface area contributed by atoms with E-state index in [-0.39, 0.29) is 15.7 Å². The molecule has 14 heteroatoms. The molecule has 0 saturated heterocycles. The molecule has 0 spiro atoms. The molecule has 0 aliphatic heterocycles. The minimum atomic E-state index is -4.87. The highest BCUT2D eigenvalue weighted by molar-refractivity contribution is 8.31. The van der Waals surface area contributed by atoms with E-state index in [9.17, 15) is 27.2 Å². The number of hydrogen-bond donors (Lipinski definition) is 0. The highest BCUT2D eigenvalue weighted by atomic mass is 36.0. The Hall–Kier alpha value is -1.56. The molecule has 0 radical (unpaired) electrons. The minimum absolute atomic E-state index is 0.0213. The average molecular weight is 458 g/mol. The van der Waals surface area contributed by atoms with Crippen molar-refractivity contribution >= 4 is 41.2 Å². The monoisotopic (exact) mass is 456 g/mol. The average Bonchev–Trinajstić information content (AvgIpc) is 2.42. The van der Waals surface area contributed by atoms with Crippen LogP contribution in [0.3, 0.4) is 0 Å². The van der Waals surface area contributed by atoms with E-state index in [2.05, 4.69) is 21.4 Å². The Morgan fingerprint density at radius 3 is 2.00 bits per heavy atom. The number of aromatic nitrogens is 2. The standard InChI is InChI=1S/C12H7ClF4N2O2.Cl2O2S/c1-18-9(12(15,16)17)5-10(20)19(11(18)21)8-3-2-6(13)4-7(8)14;1-5(2,3)4/h2-5H,1H3;. The van der Waals surface area contributed by atoms with Gasteiger partial charge < -0.3 is 0 Å². The molecule has 144 valence electrons. The molecule has 0 amide bonds. The Kier molecular flexibility index (Phi) is 6.91. The number of nitrogens with zero attached hydrogens (tertiary/aromatic N) is 2. The highest BCUT2D eigenvalue weighted by Gasteiger charge is 2.35. The second kappa shape index (κ2) is 7.99. The zero-order valence-corrected chi connectivity index (χ0v) is 15.5. The summed E-state index contributed by atoms with van der Waals surface area (Å²) < 4.78 is 70.6. The molecular weight excluding hydrogens is 451 g/mol. The number of halogens is 7. The molecule has 0 bridgehead atoms. The van der Waals surface area contributed by atoms with Crippen LogP contribution < -0.4 is 11.2 Å². The third-order valence-corrected chi connectivity index (χ3v) is 3.00. The molecule has 1 heterocycles. The van der Waals surface area contributed by atoms with Crippen LogP contribution in [0.5, 0.6) is 0 Å². The lowest BCUT2D eigenvalue weighted by atomic mass is 10.3. The molecule has 0 unspecified atom stereocenters. The number of benzene rings is 1. The van der Waals surface area contributed by atoms with Gasteiger partial charge in [0.1, 0.15) is 11.5 Å². The summed E-state index contributed by atoms with van der Waals surface area (Å²) >= 11 is 5.54. The van der Waals surface area contributed by atoms with Gasteiger partial charge in [-0.1, -0.05) is 11.6 Å². The number of hydrogen-bond acceptors (Lipinski definition) is 4. The van der Waals surface area contributed by atoms with Crippen LogP contribution in [0.4, 0.5) is 17.6 Å². The van der Waals surface area contributed by atoms with Crippen molar-refractivity contribution in [1.82, 2.24) is 9.13 Å². The van der Waals surface area contributed by atoms with Gasteiger partial charge in [0.15, 0.2) is 0 Å². The van der Waals surface area contributed by atoms with E-state index in [0.29, 0.717) is 4.57 Å². The second-order valence-corrected chi connectivity index (χ2v) is 8.62. The maximum absolute atomic E-state index is 13.7. The largest absolute Gasteiger partial charge is 0.431 e. The molecule has 0 aliphatic carbocycles. The molecule has 0 fully saturated rings.